The third-order valence-corrected chi connectivity index (χ3v) is 4.74. The van der Waals surface area contributed by atoms with Crippen LogP contribution in [0.2, 0.25) is 5.02 Å². The molecule has 0 aromatic heterocycles. The summed E-state index contributed by atoms with van der Waals surface area (Å²) in [5.74, 6) is 1.52. The van der Waals surface area contributed by atoms with E-state index in [1.807, 2.05) is 56.4 Å². The first kappa shape index (κ1) is 17.8. The van der Waals surface area contributed by atoms with Gasteiger partial charge in [0.15, 0.2) is 0 Å². The summed E-state index contributed by atoms with van der Waals surface area (Å²) >= 11 is 9.49. The number of nitrogens with zero attached hydrogens (tertiary/aromatic N) is 2. The molecule has 2 rings (SSSR count). The second-order valence-corrected chi connectivity index (χ2v) is 6.66. The lowest BCUT2D eigenvalue weighted by Gasteiger charge is -2.13. The van der Waals surface area contributed by atoms with Crippen LogP contribution < -0.4 is 4.74 Å². The molecule has 0 aliphatic heterocycles. The smallest absolute Gasteiger partial charge is 0.130 e. The average molecular weight is 396 g/mol. The highest BCUT2D eigenvalue weighted by atomic mass is 79.9. The molecular weight excluding hydrogens is 376 g/mol. The van der Waals surface area contributed by atoms with Gasteiger partial charge in [-0.25, -0.2) is 4.99 Å². The van der Waals surface area contributed by atoms with Crippen molar-refractivity contribution < 1.29 is 4.74 Å². The molecule has 0 N–H and O–H groups in total. The summed E-state index contributed by atoms with van der Waals surface area (Å²) in [6, 6.07) is 9.59. The van der Waals surface area contributed by atoms with E-state index in [-0.39, 0.29) is 0 Å². The summed E-state index contributed by atoms with van der Waals surface area (Å²) in [7, 11) is 2.00. The monoisotopic (exact) mass is 394 g/mol. The Labute approximate surface area is 151 Å². The molecule has 2 aromatic rings. The van der Waals surface area contributed by atoms with Gasteiger partial charge in [-0.15, -0.1) is 0 Å². The molecule has 3 nitrogen and oxygen atoms in total. The summed E-state index contributed by atoms with van der Waals surface area (Å²) < 4.78 is 6.81. The molecule has 0 amide bonds. The number of hydrogen-bond acceptors (Lipinski definition) is 2. The van der Waals surface area contributed by atoms with E-state index in [9.17, 15) is 0 Å². The molecule has 0 spiro atoms. The van der Waals surface area contributed by atoms with E-state index in [1.165, 1.54) is 0 Å². The third kappa shape index (κ3) is 4.72. The quantitative estimate of drug-likeness (QED) is 0.450. The highest BCUT2D eigenvalue weighted by Gasteiger charge is 2.07. The second-order valence-electron chi connectivity index (χ2n) is 5.40. The zero-order valence-corrected chi connectivity index (χ0v) is 16.1. The number of halogens is 2. The van der Waals surface area contributed by atoms with E-state index >= 15 is 0 Å². The first-order valence-electron chi connectivity index (χ1n) is 7.39. The molecule has 0 atom stereocenters. The highest BCUT2D eigenvalue weighted by Crippen LogP contribution is 2.34. The number of aryl methyl sites for hydroxylation is 2. The zero-order chi connectivity index (χ0) is 17.0. The van der Waals surface area contributed by atoms with Gasteiger partial charge in [-0.1, -0.05) is 11.6 Å². The van der Waals surface area contributed by atoms with Crippen molar-refractivity contribution >= 4 is 39.6 Å². The minimum Gasteiger partial charge on any atom is -0.457 e. The lowest BCUT2D eigenvalue weighted by Crippen LogP contribution is -2.14. The second kappa shape index (κ2) is 7.84. The fraction of sp³-hybridized carbons (Fsp3) is 0.278. The molecule has 5 heteroatoms. The van der Waals surface area contributed by atoms with Crippen LogP contribution in [0.3, 0.4) is 0 Å². The first-order chi connectivity index (χ1) is 10.9. The molecule has 0 radical (unpaired) electrons. The first-order valence-corrected chi connectivity index (χ1v) is 8.56. The normalized spacial score (nSPS) is 11.0. The number of benzene rings is 2. The maximum Gasteiger partial charge on any atom is 0.130 e. The molecular formula is C18H20BrClN2O. The number of ether oxygens (including phenoxy) is 1. The van der Waals surface area contributed by atoms with Crippen LogP contribution in [-0.4, -0.2) is 24.8 Å². The molecule has 0 saturated carbocycles. The van der Waals surface area contributed by atoms with Gasteiger partial charge in [0.2, 0.25) is 0 Å². The van der Waals surface area contributed by atoms with Crippen LogP contribution in [0.5, 0.6) is 11.5 Å². The van der Waals surface area contributed by atoms with Crippen LogP contribution in [0, 0.1) is 13.8 Å². The van der Waals surface area contributed by atoms with Crippen molar-refractivity contribution in [3.63, 3.8) is 0 Å². The van der Waals surface area contributed by atoms with Gasteiger partial charge in [-0.3, -0.25) is 0 Å². The summed E-state index contributed by atoms with van der Waals surface area (Å²) in [4.78, 5) is 6.56. The maximum absolute atomic E-state index is 6.11. The van der Waals surface area contributed by atoms with Crippen molar-refractivity contribution in [3.05, 3.63) is 51.0 Å². The lowest BCUT2D eigenvalue weighted by molar-refractivity contribution is 0.478. The van der Waals surface area contributed by atoms with Crippen molar-refractivity contribution in [1.82, 2.24) is 4.90 Å². The van der Waals surface area contributed by atoms with E-state index in [0.29, 0.717) is 10.8 Å². The van der Waals surface area contributed by atoms with Crippen LogP contribution in [0.15, 0.2) is 39.8 Å². The average Bonchev–Trinajstić information content (AvgIpc) is 2.52. The van der Waals surface area contributed by atoms with Gasteiger partial charge in [0.1, 0.15) is 11.5 Å². The predicted molar refractivity (Wildman–Crippen MR) is 102 cm³/mol. The molecule has 0 aliphatic rings. The Bertz CT molecular complexity index is 731. The minimum absolute atomic E-state index is 0.626. The van der Waals surface area contributed by atoms with E-state index in [1.54, 1.807) is 6.07 Å². The van der Waals surface area contributed by atoms with Gasteiger partial charge in [0.05, 0.1) is 17.0 Å². The number of hydrogen-bond donors (Lipinski definition) is 0. The predicted octanol–water partition coefficient (Wildman–Crippen LogP) is 6.12. The van der Waals surface area contributed by atoms with E-state index in [4.69, 9.17) is 16.3 Å². The Hall–Kier alpha value is -1.52. The van der Waals surface area contributed by atoms with Gasteiger partial charge in [0, 0.05) is 24.1 Å². The van der Waals surface area contributed by atoms with Crippen molar-refractivity contribution in [2.24, 2.45) is 4.99 Å². The Balaban J connectivity index is 2.25. The van der Waals surface area contributed by atoms with Gasteiger partial charge in [0.25, 0.3) is 0 Å². The summed E-state index contributed by atoms with van der Waals surface area (Å²) in [6.45, 7) is 7.05. The molecule has 0 bridgehead atoms. The molecule has 0 unspecified atom stereocenters. The standard InChI is InChI=1S/C18H20BrClN2O/c1-5-22(4)11-21-17-8-13(3)18(9-12(17)2)23-14-6-7-15(19)16(20)10-14/h6-11H,5H2,1-4H3. The zero-order valence-electron chi connectivity index (χ0n) is 13.7. The number of rotatable bonds is 5. The number of aliphatic imine (C=N–C) groups is 1. The molecule has 0 aliphatic carbocycles. The Morgan fingerprint density at radius 1 is 1.22 bits per heavy atom. The minimum atomic E-state index is 0.626. The van der Waals surface area contributed by atoms with Gasteiger partial charge < -0.3 is 9.64 Å². The maximum atomic E-state index is 6.11. The Kier molecular flexibility index (Phi) is 6.08. The fourth-order valence-corrected chi connectivity index (χ4v) is 2.35. The van der Waals surface area contributed by atoms with Crippen LogP contribution in [0.4, 0.5) is 5.69 Å². The summed E-state index contributed by atoms with van der Waals surface area (Å²) in [5.41, 5.74) is 3.04. The highest BCUT2D eigenvalue weighted by molar-refractivity contribution is 9.10. The topological polar surface area (TPSA) is 24.8 Å². The molecule has 0 saturated heterocycles. The van der Waals surface area contributed by atoms with E-state index < -0.39 is 0 Å². The van der Waals surface area contributed by atoms with Crippen LogP contribution in [0.1, 0.15) is 18.1 Å². The third-order valence-electron chi connectivity index (χ3n) is 3.51. The van der Waals surface area contributed by atoms with Crippen LogP contribution in [-0.2, 0) is 0 Å². The molecule has 23 heavy (non-hydrogen) atoms. The summed E-state index contributed by atoms with van der Waals surface area (Å²) in [6.07, 6.45) is 1.84. The van der Waals surface area contributed by atoms with Crippen molar-refractivity contribution in [2.45, 2.75) is 20.8 Å². The van der Waals surface area contributed by atoms with Gasteiger partial charge in [-0.2, -0.15) is 0 Å². The Morgan fingerprint density at radius 3 is 2.61 bits per heavy atom. The van der Waals surface area contributed by atoms with Gasteiger partial charge in [-0.05, 0) is 72.1 Å². The summed E-state index contributed by atoms with van der Waals surface area (Å²) in [5, 5.41) is 0.626. The fourth-order valence-electron chi connectivity index (χ4n) is 1.93. The molecule has 0 heterocycles. The SMILES string of the molecule is CCN(C)C=Nc1cc(C)c(Oc2ccc(Br)c(Cl)c2)cc1C. The van der Waals surface area contributed by atoms with E-state index in [2.05, 4.69) is 27.8 Å². The van der Waals surface area contributed by atoms with Crippen molar-refractivity contribution in [3.8, 4) is 11.5 Å². The Morgan fingerprint density at radius 2 is 1.96 bits per heavy atom. The van der Waals surface area contributed by atoms with Crippen LogP contribution >= 0.6 is 27.5 Å². The molecule has 0 fully saturated rings. The lowest BCUT2D eigenvalue weighted by atomic mass is 10.1. The van der Waals surface area contributed by atoms with E-state index in [0.717, 1.165) is 33.6 Å². The van der Waals surface area contributed by atoms with Crippen molar-refractivity contribution in [2.75, 3.05) is 13.6 Å². The van der Waals surface area contributed by atoms with Crippen molar-refractivity contribution in [1.29, 1.82) is 0 Å². The van der Waals surface area contributed by atoms with Crippen LogP contribution in [0.25, 0.3) is 0 Å². The molecule has 2 aromatic carbocycles. The van der Waals surface area contributed by atoms with Gasteiger partial charge >= 0.3 is 0 Å². The molecule has 122 valence electrons. The largest absolute Gasteiger partial charge is 0.457 e.